The van der Waals surface area contributed by atoms with Crippen LogP contribution in [0.15, 0.2) is 24.3 Å². The van der Waals surface area contributed by atoms with Crippen molar-refractivity contribution in [1.82, 2.24) is 5.32 Å². The molecule has 0 heterocycles. The van der Waals surface area contributed by atoms with Gasteiger partial charge >= 0.3 is 5.97 Å². The number of carbonyl (C=O) groups excluding carboxylic acids is 2. The molecule has 0 aliphatic carbocycles. The number of nitrogens with one attached hydrogen (secondary N) is 1. The normalized spacial score (nSPS) is 12.6. The van der Waals surface area contributed by atoms with Crippen LogP contribution in [-0.2, 0) is 9.53 Å². The minimum absolute atomic E-state index is 0.0944. The minimum Gasteiger partial charge on any atom is -0.467 e. The number of hydrogen-bond acceptors (Lipinski definition) is 3. The minimum atomic E-state index is -1.82. The van der Waals surface area contributed by atoms with Crippen LogP contribution in [0, 0.1) is 17.3 Å². The van der Waals surface area contributed by atoms with Gasteiger partial charge in [0.2, 0.25) is 0 Å². The van der Waals surface area contributed by atoms with Gasteiger partial charge in [0.15, 0.2) is 0 Å². The van der Waals surface area contributed by atoms with Crippen molar-refractivity contribution in [2.45, 2.75) is 51.4 Å². The number of esters is 1. The van der Waals surface area contributed by atoms with Crippen LogP contribution in [0.2, 0.25) is 18.1 Å². The van der Waals surface area contributed by atoms with Crippen LogP contribution in [0.3, 0.4) is 0 Å². The number of benzene rings is 1. The van der Waals surface area contributed by atoms with Crippen molar-refractivity contribution in [2.24, 2.45) is 0 Å². The molecule has 25 heavy (non-hydrogen) atoms. The Kier molecular flexibility index (Phi) is 6.94. The van der Waals surface area contributed by atoms with Gasteiger partial charge in [-0.05, 0) is 17.2 Å². The van der Waals surface area contributed by atoms with Crippen LogP contribution in [0.4, 0.5) is 4.39 Å². The van der Waals surface area contributed by atoms with Crippen molar-refractivity contribution in [2.75, 3.05) is 7.11 Å². The monoisotopic (exact) mass is 363 g/mol. The van der Waals surface area contributed by atoms with Crippen molar-refractivity contribution in [3.8, 4) is 11.5 Å². The van der Waals surface area contributed by atoms with Gasteiger partial charge in [0.1, 0.15) is 19.9 Å². The Morgan fingerprint density at radius 2 is 1.88 bits per heavy atom. The molecule has 1 rings (SSSR count). The molecule has 0 radical (unpaired) electrons. The zero-order valence-electron chi connectivity index (χ0n) is 15.7. The van der Waals surface area contributed by atoms with E-state index in [2.05, 4.69) is 50.6 Å². The van der Waals surface area contributed by atoms with Gasteiger partial charge in [-0.1, -0.05) is 46.0 Å². The molecule has 0 unspecified atom stereocenters. The van der Waals surface area contributed by atoms with E-state index in [4.69, 9.17) is 4.74 Å². The third-order valence-corrected chi connectivity index (χ3v) is 9.04. The zero-order valence-corrected chi connectivity index (χ0v) is 16.7. The summed E-state index contributed by atoms with van der Waals surface area (Å²) in [4.78, 5) is 24.1. The predicted molar refractivity (Wildman–Crippen MR) is 99.3 cm³/mol. The van der Waals surface area contributed by atoms with Gasteiger partial charge in [0.25, 0.3) is 5.91 Å². The van der Waals surface area contributed by atoms with Crippen molar-refractivity contribution in [3.05, 3.63) is 35.6 Å². The quantitative estimate of drug-likeness (QED) is 0.506. The highest BCUT2D eigenvalue weighted by molar-refractivity contribution is 6.87. The SMILES string of the molecule is COC(=O)[C@H](CC#C[Si](C)(C)C(C)(C)C)NC(=O)c1ccccc1F. The molecule has 0 bridgehead atoms. The second-order valence-electron chi connectivity index (χ2n) is 7.41. The summed E-state index contributed by atoms with van der Waals surface area (Å²) in [5.41, 5.74) is 3.17. The molecule has 0 saturated heterocycles. The van der Waals surface area contributed by atoms with Gasteiger partial charge in [0.05, 0.1) is 12.7 Å². The number of ether oxygens (including phenoxy) is 1. The molecule has 0 aromatic heterocycles. The maximum atomic E-state index is 13.7. The first-order valence-electron chi connectivity index (χ1n) is 8.13. The highest BCUT2D eigenvalue weighted by Crippen LogP contribution is 2.35. The van der Waals surface area contributed by atoms with Crippen molar-refractivity contribution < 1.29 is 18.7 Å². The first-order chi connectivity index (χ1) is 11.5. The second kappa shape index (κ2) is 8.30. The van der Waals surface area contributed by atoms with Crippen LogP contribution in [0.1, 0.15) is 37.6 Å². The van der Waals surface area contributed by atoms with E-state index < -0.39 is 31.8 Å². The topological polar surface area (TPSA) is 55.4 Å². The van der Waals surface area contributed by atoms with E-state index in [-0.39, 0.29) is 17.0 Å². The highest BCUT2D eigenvalue weighted by Gasteiger charge is 2.33. The molecule has 1 aromatic carbocycles. The number of amides is 1. The van der Waals surface area contributed by atoms with Gasteiger partial charge < -0.3 is 10.1 Å². The van der Waals surface area contributed by atoms with Gasteiger partial charge in [0, 0.05) is 6.42 Å². The number of rotatable bonds is 4. The third kappa shape index (κ3) is 5.71. The Bertz CT molecular complexity index is 699. The fourth-order valence-electron chi connectivity index (χ4n) is 1.78. The van der Waals surface area contributed by atoms with E-state index in [0.717, 1.165) is 0 Å². The Morgan fingerprint density at radius 1 is 1.28 bits per heavy atom. The molecule has 1 aromatic rings. The van der Waals surface area contributed by atoms with Gasteiger partial charge in [-0.3, -0.25) is 4.79 Å². The molecule has 1 atom stereocenters. The molecule has 0 fully saturated rings. The Hall–Kier alpha value is -2.13. The Morgan fingerprint density at radius 3 is 2.40 bits per heavy atom. The number of halogens is 1. The summed E-state index contributed by atoms with van der Waals surface area (Å²) in [6, 6.07) is 4.67. The van der Waals surface area contributed by atoms with Gasteiger partial charge in [-0.2, -0.15) is 0 Å². The summed E-state index contributed by atoms with van der Waals surface area (Å²) in [5.74, 6) is 1.11. The van der Waals surface area contributed by atoms with Gasteiger partial charge in [-0.25, -0.2) is 9.18 Å². The van der Waals surface area contributed by atoms with Crippen LogP contribution in [-0.4, -0.2) is 33.1 Å². The molecule has 0 aliphatic rings. The average molecular weight is 364 g/mol. The lowest BCUT2D eigenvalue weighted by molar-refractivity contribution is -0.142. The standard InChI is InChI=1S/C19H26FNO3Si/c1-19(2,3)25(5,6)13-9-12-16(18(23)24-4)21-17(22)14-10-7-8-11-15(14)20/h7-8,10-11,16H,12H2,1-6H3,(H,21,22)/t16-/m0/s1. The largest absolute Gasteiger partial charge is 0.467 e. The van der Waals surface area contributed by atoms with Crippen LogP contribution >= 0.6 is 0 Å². The Labute approximate surface area is 150 Å². The smallest absolute Gasteiger partial charge is 0.329 e. The summed E-state index contributed by atoms with van der Waals surface area (Å²) >= 11 is 0. The first kappa shape index (κ1) is 20.9. The average Bonchev–Trinajstić information content (AvgIpc) is 2.52. The summed E-state index contributed by atoms with van der Waals surface area (Å²) in [7, 11) is -0.574. The maximum absolute atomic E-state index is 13.7. The summed E-state index contributed by atoms with van der Waals surface area (Å²) in [6.45, 7) is 10.7. The third-order valence-electron chi connectivity index (χ3n) is 4.49. The predicted octanol–water partition coefficient (Wildman–Crippen LogP) is 3.54. The molecular formula is C19H26FNO3Si. The van der Waals surface area contributed by atoms with E-state index in [9.17, 15) is 14.0 Å². The molecule has 136 valence electrons. The number of hydrogen-bond donors (Lipinski definition) is 1. The lowest BCUT2D eigenvalue weighted by atomic mass is 10.1. The maximum Gasteiger partial charge on any atom is 0.329 e. The molecule has 4 nitrogen and oxygen atoms in total. The fraction of sp³-hybridized carbons (Fsp3) is 0.474. The van der Waals surface area contributed by atoms with Gasteiger partial charge in [-0.15, -0.1) is 11.5 Å². The fourth-order valence-corrected chi connectivity index (χ4v) is 2.70. The second-order valence-corrected chi connectivity index (χ2v) is 12.4. The van der Waals surface area contributed by atoms with E-state index in [0.29, 0.717) is 0 Å². The van der Waals surface area contributed by atoms with Crippen LogP contribution in [0.25, 0.3) is 0 Å². The zero-order chi connectivity index (χ0) is 19.3. The molecule has 6 heteroatoms. The lowest BCUT2D eigenvalue weighted by Crippen LogP contribution is -2.42. The van der Waals surface area contributed by atoms with E-state index in [1.54, 1.807) is 6.07 Å². The number of methoxy groups -OCH3 is 1. The van der Waals surface area contributed by atoms with E-state index in [1.165, 1.54) is 25.3 Å². The van der Waals surface area contributed by atoms with Crippen molar-refractivity contribution >= 4 is 20.0 Å². The van der Waals surface area contributed by atoms with Crippen LogP contribution in [0.5, 0.6) is 0 Å². The lowest BCUT2D eigenvalue weighted by Gasteiger charge is -2.31. The van der Waals surface area contributed by atoms with E-state index >= 15 is 0 Å². The number of carbonyl (C=O) groups is 2. The molecule has 1 amide bonds. The highest BCUT2D eigenvalue weighted by atomic mass is 28.3. The molecule has 0 saturated carbocycles. The summed E-state index contributed by atoms with van der Waals surface area (Å²) in [5, 5.41) is 2.60. The molecule has 0 aliphatic heterocycles. The molecule has 1 N–H and O–H groups in total. The van der Waals surface area contributed by atoms with Crippen molar-refractivity contribution in [3.63, 3.8) is 0 Å². The molecular weight excluding hydrogens is 337 g/mol. The Balaban J connectivity index is 2.92. The summed E-state index contributed by atoms with van der Waals surface area (Å²) < 4.78 is 18.4. The van der Waals surface area contributed by atoms with Crippen molar-refractivity contribution in [1.29, 1.82) is 0 Å². The molecule has 0 spiro atoms. The van der Waals surface area contributed by atoms with E-state index in [1.807, 2.05) is 0 Å². The summed E-state index contributed by atoms with van der Waals surface area (Å²) in [6.07, 6.45) is 0.124. The first-order valence-corrected chi connectivity index (χ1v) is 11.1. The van der Waals surface area contributed by atoms with Crippen LogP contribution < -0.4 is 5.32 Å².